The molecule has 0 saturated carbocycles. The van der Waals surface area contributed by atoms with Crippen LogP contribution in [0.4, 0.5) is 0 Å². The molecule has 0 N–H and O–H groups in total. The summed E-state index contributed by atoms with van der Waals surface area (Å²) in [5.41, 5.74) is 7.44. The molecule has 1 aliphatic carbocycles. The third kappa shape index (κ3) is 4.97. The lowest BCUT2D eigenvalue weighted by atomic mass is 9.80. The molecule has 1 unspecified atom stereocenters. The highest BCUT2D eigenvalue weighted by Crippen LogP contribution is 2.32. The molecule has 2 aromatic rings. The van der Waals surface area contributed by atoms with Gasteiger partial charge in [0.05, 0.1) is 0 Å². The second-order valence-corrected chi connectivity index (χ2v) is 7.89. The Hall–Kier alpha value is -1.56. The number of unbranched alkanes of at least 4 members (excludes halogenated alkanes) is 3. The maximum absolute atomic E-state index is 2.46. The Morgan fingerprint density at radius 2 is 1.56 bits per heavy atom. The fourth-order valence-corrected chi connectivity index (χ4v) is 4.19. The molecule has 0 radical (unpaired) electrons. The van der Waals surface area contributed by atoms with Gasteiger partial charge in [-0.15, -0.1) is 0 Å². The van der Waals surface area contributed by atoms with Crippen LogP contribution < -0.4 is 0 Å². The fraction of sp³-hybridized carbons (Fsp3) is 0.520. The van der Waals surface area contributed by atoms with Crippen molar-refractivity contribution in [3.8, 4) is 11.1 Å². The van der Waals surface area contributed by atoms with Gasteiger partial charge in [-0.05, 0) is 65.8 Å². The molecule has 0 saturated heterocycles. The molecular weight excluding hydrogens is 300 g/mol. The highest BCUT2D eigenvalue weighted by molar-refractivity contribution is 5.65. The van der Waals surface area contributed by atoms with Gasteiger partial charge < -0.3 is 0 Å². The Balaban J connectivity index is 1.66. The summed E-state index contributed by atoms with van der Waals surface area (Å²) in [6.07, 6.45) is 13.3. The van der Waals surface area contributed by atoms with Gasteiger partial charge in [0.2, 0.25) is 0 Å². The van der Waals surface area contributed by atoms with Gasteiger partial charge >= 0.3 is 0 Å². The quantitative estimate of drug-likeness (QED) is 0.442. The summed E-state index contributed by atoms with van der Waals surface area (Å²) in [5.74, 6) is 0.917. The maximum Gasteiger partial charge on any atom is -0.0181 e. The Labute approximate surface area is 154 Å². The summed E-state index contributed by atoms with van der Waals surface area (Å²) in [4.78, 5) is 0. The number of benzene rings is 2. The van der Waals surface area contributed by atoms with E-state index in [1.165, 1.54) is 80.9 Å². The fourth-order valence-electron chi connectivity index (χ4n) is 4.19. The predicted octanol–water partition coefficient (Wildman–Crippen LogP) is 7.38. The second-order valence-electron chi connectivity index (χ2n) is 7.89. The minimum Gasteiger partial charge on any atom is -0.0654 e. The molecule has 0 nitrogen and oxygen atoms in total. The summed E-state index contributed by atoms with van der Waals surface area (Å²) in [5, 5.41) is 0. The molecule has 0 fully saturated rings. The molecule has 0 spiro atoms. The highest BCUT2D eigenvalue weighted by Gasteiger charge is 2.18. The molecule has 0 amide bonds. The van der Waals surface area contributed by atoms with Crippen LogP contribution in [0.15, 0.2) is 42.5 Å². The van der Waals surface area contributed by atoms with E-state index in [9.17, 15) is 0 Å². The molecule has 0 bridgehead atoms. The number of fused-ring (bicyclic) bond motifs is 1. The number of hydrogen-bond donors (Lipinski definition) is 0. The van der Waals surface area contributed by atoms with Crippen molar-refractivity contribution in [3.63, 3.8) is 0 Å². The lowest BCUT2D eigenvalue weighted by molar-refractivity contribution is 0.413. The first-order valence-corrected chi connectivity index (χ1v) is 10.5. The minimum absolute atomic E-state index is 0.917. The van der Waals surface area contributed by atoms with E-state index in [-0.39, 0.29) is 0 Å². The minimum atomic E-state index is 0.917. The van der Waals surface area contributed by atoms with E-state index in [1.54, 1.807) is 11.1 Å². The Morgan fingerprint density at radius 3 is 2.32 bits per heavy atom. The van der Waals surface area contributed by atoms with E-state index >= 15 is 0 Å². The monoisotopic (exact) mass is 334 g/mol. The van der Waals surface area contributed by atoms with Crippen molar-refractivity contribution in [3.05, 3.63) is 59.2 Å². The second kappa shape index (κ2) is 9.22. The van der Waals surface area contributed by atoms with Crippen molar-refractivity contribution in [2.45, 2.75) is 78.1 Å². The zero-order valence-electron chi connectivity index (χ0n) is 16.2. The summed E-state index contributed by atoms with van der Waals surface area (Å²) >= 11 is 0. The predicted molar refractivity (Wildman–Crippen MR) is 110 cm³/mol. The standard InChI is InChI=1S/C25H34/c1-3-5-7-9-20-10-13-22(14-11-20)24-17-16-23-18-21(8-6-4-2)12-15-25(23)19-24/h10-11,13-14,16-17,19,21H,3-9,12,15,18H2,1-2H3. The summed E-state index contributed by atoms with van der Waals surface area (Å²) in [7, 11) is 0. The first kappa shape index (κ1) is 18.2. The van der Waals surface area contributed by atoms with Crippen LogP contribution in [0.5, 0.6) is 0 Å². The SMILES string of the molecule is CCCCCc1ccc(-c2ccc3c(c2)CCC(CCCC)C3)cc1. The Bertz CT molecular complexity index is 650. The van der Waals surface area contributed by atoms with Crippen LogP contribution in [0.25, 0.3) is 11.1 Å². The van der Waals surface area contributed by atoms with Gasteiger partial charge in [0, 0.05) is 0 Å². The van der Waals surface area contributed by atoms with Crippen molar-refractivity contribution >= 4 is 0 Å². The third-order valence-electron chi connectivity index (χ3n) is 5.86. The van der Waals surface area contributed by atoms with Gasteiger partial charge in [0.15, 0.2) is 0 Å². The maximum atomic E-state index is 2.46. The summed E-state index contributed by atoms with van der Waals surface area (Å²) in [6.45, 7) is 4.57. The van der Waals surface area contributed by atoms with Gasteiger partial charge in [0.1, 0.15) is 0 Å². The van der Waals surface area contributed by atoms with Gasteiger partial charge in [-0.2, -0.15) is 0 Å². The molecule has 1 aliphatic rings. The van der Waals surface area contributed by atoms with E-state index in [0.717, 1.165) is 5.92 Å². The normalized spacial score (nSPS) is 16.6. The summed E-state index contributed by atoms with van der Waals surface area (Å²) < 4.78 is 0. The van der Waals surface area contributed by atoms with Crippen molar-refractivity contribution < 1.29 is 0 Å². The van der Waals surface area contributed by atoms with Crippen LogP contribution in [0.1, 0.15) is 75.5 Å². The van der Waals surface area contributed by atoms with Crippen LogP contribution in [0.2, 0.25) is 0 Å². The largest absolute Gasteiger partial charge is 0.0654 e. The average Bonchev–Trinajstić information content (AvgIpc) is 2.66. The van der Waals surface area contributed by atoms with Gasteiger partial charge in [0.25, 0.3) is 0 Å². The van der Waals surface area contributed by atoms with Crippen LogP contribution >= 0.6 is 0 Å². The molecule has 0 aromatic heterocycles. The molecular formula is C25H34. The number of hydrogen-bond acceptors (Lipinski definition) is 0. The molecule has 1 atom stereocenters. The van der Waals surface area contributed by atoms with E-state index in [2.05, 4.69) is 56.3 Å². The van der Waals surface area contributed by atoms with E-state index in [4.69, 9.17) is 0 Å². The Morgan fingerprint density at radius 1 is 0.800 bits per heavy atom. The van der Waals surface area contributed by atoms with E-state index in [0.29, 0.717) is 0 Å². The molecule has 25 heavy (non-hydrogen) atoms. The van der Waals surface area contributed by atoms with E-state index in [1.807, 2.05) is 0 Å². The molecule has 0 heteroatoms. The zero-order valence-corrected chi connectivity index (χ0v) is 16.2. The first-order valence-electron chi connectivity index (χ1n) is 10.5. The van der Waals surface area contributed by atoms with Crippen LogP contribution in [0.3, 0.4) is 0 Å². The lowest BCUT2D eigenvalue weighted by Crippen LogP contribution is -2.14. The number of rotatable bonds is 8. The first-order chi connectivity index (χ1) is 12.3. The van der Waals surface area contributed by atoms with Gasteiger partial charge in [-0.1, -0.05) is 88.4 Å². The lowest BCUT2D eigenvalue weighted by Gasteiger charge is -2.25. The molecule has 0 aliphatic heterocycles. The Kier molecular flexibility index (Phi) is 6.73. The van der Waals surface area contributed by atoms with E-state index < -0.39 is 0 Å². The van der Waals surface area contributed by atoms with Crippen molar-refractivity contribution in [2.24, 2.45) is 5.92 Å². The highest BCUT2D eigenvalue weighted by atomic mass is 14.2. The smallest absolute Gasteiger partial charge is 0.0181 e. The van der Waals surface area contributed by atoms with Crippen LogP contribution in [0, 0.1) is 5.92 Å². The number of aryl methyl sites for hydroxylation is 2. The molecule has 2 aromatic carbocycles. The van der Waals surface area contributed by atoms with Crippen molar-refractivity contribution in [1.29, 1.82) is 0 Å². The molecule has 134 valence electrons. The third-order valence-corrected chi connectivity index (χ3v) is 5.86. The van der Waals surface area contributed by atoms with Crippen molar-refractivity contribution in [1.82, 2.24) is 0 Å². The molecule has 0 heterocycles. The summed E-state index contributed by atoms with van der Waals surface area (Å²) in [6, 6.07) is 16.5. The molecule has 3 rings (SSSR count). The van der Waals surface area contributed by atoms with Gasteiger partial charge in [-0.3, -0.25) is 0 Å². The topological polar surface area (TPSA) is 0 Å². The van der Waals surface area contributed by atoms with Gasteiger partial charge in [-0.25, -0.2) is 0 Å². The van der Waals surface area contributed by atoms with Crippen LogP contribution in [-0.4, -0.2) is 0 Å². The van der Waals surface area contributed by atoms with Crippen LogP contribution in [-0.2, 0) is 19.3 Å². The average molecular weight is 335 g/mol. The van der Waals surface area contributed by atoms with Crippen molar-refractivity contribution in [2.75, 3.05) is 0 Å². The zero-order chi connectivity index (χ0) is 17.5.